The van der Waals surface area contributed by atoms with E-state index in [2.05, 4.69) is 16.0 Å². The summed E-state index contributed by atoms with van der Waals surface area (Å²) in [5.74, 6) is 0. The normalized spacial score (nSPS) is 9.81. The largest absolute Gasteiger partial charge is 0.332 e. The minimum absolute atomic E-state index is 0.523. The van der Waals surface area contributed by atoms with Crippen molar-refractivity contribution in [1.29, 1.82) is 0 Å². The number of rotatable bonds is 4. The van der Waals surface area contributed by atoms with Crippen molar-refractivity contribution in [2.45, 2.75) is 13.8 Å². The Balaban J connectivity index is 2.00. The zero-order chi connectivity index (χ0) is 15.2. The molecule has 0 saturated carbocycles. The van der Waals surface area contributed by atoms with E-state index in [1.54, 1.807) is 0 Å². The van der Waals surface area contributed by atoms with E-state index in [1.807, 2.05) is 56.3 Å². The molecule has 21 heavy (non-hydrogen) atoms. The van der Waals surface area contributed by atoms with Crippen molar-refractivity contribution in [3.63, 3.8) is 0 Å². The molecule has 0 spiro atoms. The van der Waals surface area contributed by atoms with Crippen LogP contribution in [0.4, 0.5) is 17.1 Å². The third kappa shape index (κ3) is 4.29. The van der Waals surface area contributed by atoms with E-state index in [1.165, 1.54) is 5.56 Å². The second kappa shape index (κ2) is 6.85. The summed E-state index contributed by atoms with van der Waals surface area (Å²) in [6.45, 7) is 3.96. The fraction of sp³-hybridized carbons (Fsp3) is 0.125. The van der Waals surface area contributed by atoms with Gasteiger partial charge in [-0.25, -0.2) is 0 Å². The molecule has 0 radical (unpaired) electrons. The summed E-state index contributed by atoms with van der Waals surface area (Å²) < 4.78 is 0. The summed E-state index contributed by atoms with van der Waals surface area (Å²) in [4.78, 5) is 10.5. The summed E-state index contributed by atoms with van der Waals surface area (Å²) in [6, 6.07) is 13.6. The highest BCUT2D eigenvalue weighted by Crippen LogP contribution is 2.19. The van der Waals surface area contributed by atoms with Gasteiger partial charge in [-0.15, -0.1) is 0 Å². The lowest BCUT2D eigenvalue weighted by molar-refractivity contribution is -0.105. The van der Waals surface area contributed by atoms with Gasteiger partial charge >= 0.3 is 0 Å². The first-order valence-electron chi connectivity index (χ1n) is 6.54. The van der Waals surface area contributed by atoms with Crippen LogP contribution in [-0.4, -0.2) is 11.5 Å². The average molecular weight is 299 g/mol. The molecule has 0 aliphatic carbocycles. The lowest BCUT2D eigenvalue weighted by Gasteiger charge is -2.12. The third-order valence-corrected chi connectivity index (χ3v) is 3.21. The highest BCUT2D eigenvalue weighted by molar-refractivity contribution is 7.80. The fourth-order valence-corrected chi connectivity index (χ4v) is 2.13. The third-order valence-electron chi connectivity index (χ3n) is 3.01. The number of benzene rings is 2. The Bertz CT molecular complexity index is 653. The minimum atomic E-state index is 0.523. The molecular weight excluding hydrogens is 282 g/mol. The SMILES string of the molecule is Cc1ccc(NC(=S)Nc2ccc(NC=O)c(C)c2)cc1. The number of hydrogen-bond acceptors (Lipinski definition) is 2. The van der Waals surface area contributed by atoms with Crippen LogP contribution in [-0.2, 0) is 4.79 Å². The van der Waals surface area contributed by atoms with E-state index in [-0.39, 0.29) is 0 Å². The number of amides is 1. The summed E-state index contributed by atoms with van der Waals surface area (Å²) in [5, 5.41) is 9.41. The van der Waals surface area contributed by atoms with Crippen LogP contribution in [0.3, 0.4) is 0 Å². The zero-order valence-corrected chi connectivity index (χ0v) is 12.8. The first-order valence-corrected chi connectivity index (χ1v) is 6.95. The minimum Gasteiger partial charge on any atom is -0.332 e. The summed E-state index contributed by atoms with van der Waals surface area (Å²) in [5.41, 5.74) is 4.76. The van der Waals surface area contributed by atoms with E-state index in [9.17, 15) is 4.79 Å². The number of nitrogens with one attached hydrogen (secondary N) is 3. The molecule has 5 heteroatoms. The number of carbonyl (C=O) groups excluding carboxylic acids is 1. The van der Waals surface area contributed by atoms with E-state index in [0.717, 1.165) is 22.6 Å². The first kappa shape index (κ1) is 15.0. The number of anilines is 3. The maximum Gasteiger partial charge on any atom is 0.211 e. The summed E-state index contributed by atoms with van der Waals surface area (Å²) >= 11 is 5.28. The van der Waals surface area contributed by atoms with Gasteiger partial charge in [-0.05, 0) is 62.0 Å². The maximum absolute atomic E-state index is 10.5. The second-order valence-corrected chi connectivity index (χ2v) is 5.15. The Morgan fingerprint density at radius 2 is 1.62 bits per heavy atom. The molecule has 1 amide bonds. The highest BCUT2D eigenvalue weighted by atomic mass is 32.1. The van der Waals surface area contributed by atoms with Crippen molar-refractivity contribution < 1.29 is 4.79 Å². The first-order chi connectivity index (χ1) is 10.1. The van der Waals surface area contributed by atoms with Crippen LogP contribution in [0.2, 0.25) is 0 Å². The van der Waals surface area contributed by atoms with Crippen LogP contribution in [0.15, 0.2) is 42.5 Å². The van der Waals surface area contributed by atoms with Gasteiger partial charge in [0.15, 0.2) is 5.11 Å². The fourth-order valence-electron chi connectivity index (χ4n) is 1.90. The molecule has 0 aliphatic rings. The van der Waals surface area contributed by atoms with Gasteiger partial charge in [0.2, 0.25) is 6.41 Å². The van der Waals surface area contributed by atoms with Gasteiger partial charge in [-0.1, -0.05) is 17.7 Å². The van der Waals surface area contributed by atoms with Gasteiger partial charge in [0.1, 0.15) is 0 Å². The molecule has 0 saturated heterocycles. The summed E-state index contributed by atoms with van der Waals surface area (Å²) in [7, 11) is 0. The van der Waals surface area contributed by atoms with E-state index >= 15 is 0 Å². The molecule has 3 N–H and O–H groups in total. The Labute approximate surface area is 129 Å². The van der Waals surface area contributed by atoms with Crippen LogP contribution >= 0.6 is 12.2 Å². The number of hydrogen-bond donors (Lipinski definition) is 3. The van der Waals surface area contributed by atoms with Crippen molar-refractivity contribution in [3.8, 4) is 0 Å². The summed E-state index contributed by atoms with van der Waals surface area (Å²) in [6.07, 6.45) is 0.666. The Morgan fingerprint density at radius 3 is 2.24 bits per heavy atom. The molecule has 2 rings (SSSR count). The number of thiocarbonyl (C=S) groups is 1. The quantitative estimate of drug-likeness (QED) is 0.595. The van der Waals surface area contributed by atoms with Gasteiger partial charge in [0.05, 0.1) is 0 Å². The van der Waals surface area contributed by atoms with E-state index in [4.69, 9.17) is 12.2 Å². The molecule has 0 aromatic heterocycles. The Morgan fingerprint density at radius 1 is 1.00 bits per heavy atom. The van der Waals surface area contributed by atoms with Crippen LogP contribution in [0, 0.1) is 13.8 Å². The second-order valence-electron chi connectivity index (χ2n) is 4.74. The van der Waals surface area contributed by atoms with Crippen LogP contribution < -0.4 is 16.0 Å². The standard InChI is InChI=1S/C16H17N3OS/c1-11-3-5-13(6-4-11)18-16(21)19-14-7-8-15(17-10-20)12(2)9-14/h3-10H,1-2H3,(H,17,20)(H2,18,19,21). The smallest absolute Gasteiger partial charge is 0.211 e. The molecule has 2 aromatic rings. The van der Waals surface area contributed by atoms with E-state index < -0.39 is 0 Å². The molecule has 0 fully saturated rings. The van der Waals surface area contributed by atoms with Crippen LogP contribution in [0.5, 0.6) is 0 Å². The van der Waals surface area contributed by atoms with Gasteiger partial charge < -0.3 is 16.0 Å². The van der Waals surface area contributed by atoms with Crippen molar-refractivity contribution in [3.05, 3.63) is 53.6 Å². The van der Waals surface area contributed by atoms with Crippen molar-refractivity contribution in [2.24, 2.45) is 0 Å². The molecule has 0 atom stereocenters. The van der Waals surface area contributed by atoms with Gasteiger partial charge in [0.25, 0.3) is 0 Å². The molecule has 2 aromatic carbocycles. The van der Waals surface area contributed by atoms with Gasteiger partial charge in [-0.2, -0.15) is 0 Å². The predicted octanol–water partition coefficient (Wildman–Crippen LogP) is 3.68. The molecule has 108 valence electrons. The lowest BCUT2D eigenvalue weighted by Crippen LogP contribution is -2.19. The average Bonchev–Trinajstić information content (AvgIpc) is 2.44. The highest BCUT2D eigenvalue weighted by Gasteiger charge is 2.02. The van der Waals surface area contributed by atoms with Crippen LogP contribution in [0.1, 0.15) is 11.1 Å². The zero-order valence-electron chi connectivity index (χ0n) is 11.9. The molecule has 0 aliphatic heterocycles. The van der Waals surface area contributed by atoms with E-state index in [0.29, 0.717) is 11.5 Å². The molecule has 4 nitrogen and oxygen atoms in total. The monoisotopic (exact) mass is 299 g/mol. The number of aryl methyl sites for hydroxylation is 2. The van der Waals surface area contributed by atoms with Crippen LogP contribution in [0.25, 0.3) is 0 Å². The molecule has 0 heterocycles. The van der Waals surface area contributed by atoms with Crippen molar-refractivity contribution in [2.75, 3.05) is 16.0 Å². The van der Waals surface area contributed by atoms with Gasteiger partial charge in [-0.3, -0.25) is 4.79 Å². The Hall–Kier alpha value is -2.40. The van der Waals surface area contributed by atoms with Crippen molar-refractivity contribution >= 4 is 40.8 Å². The lowest BCUT2D eigenvalue weighted by atomic mass is 10.2. The topological polar surface area (TPSA) is 53.2 Å². The van der Waals surface area contributed by atoms with Gasteiger partial charge in [0, 0.05) is 17.1 Å². The Kier molecular flexibility index (Phi) is 4.90. The maximum atomic E-state index is 10.5. The molecular formula is C16H17N3OS. The number of carbonyl (C=O) groups is 1. The molecule has 0 unspecified atom stereocenters. The predicted molar refractivity (Wildman–Crippen MR) is 91.9 cm³/mol. The molecule has 0 bridgehead atoms. The van der Waals surface area contributed by atoms with Crippen molar-refractivity contribution in [1.82, 2.24) is 0 Å².